The zero-order valence-corrected chi connectivity index (χ0v) is 19.0. The number of hydrogen-bond donors (Lipinski definition) is 1. The molecule has 2 aromatic carbocycles. The Bertz CT molecular complexity index is 1160. The third kappa shape index (κ3) is 5.54. The van der Waals surface area contributed by atoms with Crippen LogP contribution < -0.4 is 10.1 Å². The molecule has 1 N–H and O–H groups in total. The van der Waals surface area contributed by atoms with Crippen molar-refractivity contribution in [1.82, 2.24) is 15.1 Å². The standard InChI is InChI=1S/C26H27FN4O3/c1-2-33-25-15-24(19-8-9-20(16-28)23(27)14-19)30-31(25)22-12-10-21(11-13-22)29-26(32)34-17-18-6-4-3-5-7-18/h3-9,14-15,21-22H,2,10-13,17H2,1H3,(H,29,32). The average molecular weight is 463 g/mol. The number of nitrogens with one attached hydrogen (secondary N) is 1. The van der Waals surface area contributed by atoms with Gasteiger partial charge in [0.25, 0.3) is 0 Å². The molecule has 7 nitrogen and oxygen atoms in total. The normalized spacial score (nSPS) is 17.6. The first-order chi connectivity index (χ1) is 16.6. The van der Waals surface area contributed by atoms with Crippen LogP contribution in [0.3, 0.4) is 0 Å². The van der Waals surface area contributed by atoms with E-state index in [-0.39, 0.29) is 24.3 Å². The smallest absolute Gasteiger partial charge is 0.407 e. The van der Waals surface area contributed by atoms with Gasteiger partial charge in [0.15, 0.2) is 0 Å². The van der Waals surface area contributed by atoms with Crippen molar-refractivity contribution in [3.05, 3.63) is 71.5 Å². The number of alkyl carbamates (subject to hydrolysis) is 1. The molecule has 0 aliphatic heterocycles. The Morgan fingerprint density at radius 2 is 1.94 bits per heavy atom. The highest BCUT2D eigenvalue weighted by molar-refractivity contribution is 5.67. The summed E-state index contributed by atoms with van der Waals surface area (Å²) in [6.07, 6.45) is 2.79. The largest absolute Gasteiger partial charge is 0.478 e. The van der Waals surface area contributed by atoms with Crippen LogP contribution in [0.25, 0.3) is 11.3 Å². The van der Waals surface area contributed by atoms with Gasteiger partial charge in [-0.15, -0.1) is 0 Å². The zero-order valence-electron chi connectivity index (χ0n) is 19.0. The number of nitriles is 1. The van der Waals surface area contributed by atoms with Crippen LogP contribution in [0, 0.1) is 17.1 Å². The molecule has 0 radical (unpaired) electrons. The Labute approximate surface area is 198 Å². The highest BCUT2D eigenvalue weighted by atomic mass is 19.1. The molecular formula is C26H27FN4O3. The Balaban J connectivity index is 1.37. The number of halogens is 1. The van der Waals surface area contributed by atoms with Gasteiger partial charge in [0, 0.05) is 17.7 Å². The second-order valence-corrected chi connectivity index (χ2v) is 8.26. The summed E-state index contributed by atoms with van der Waals surface area (Å²) in [7, 11) is 0. The van der Waals surface area contributed by atoms with Gasteiger partial charge in [-0.05, 0) is 50.3 Å². The van der Waals surface area contributed by atoms with E-state index in [1.165, 1.54) is 12.1 Å². The van der Waals surface area contributed by atoms with Crippen LogP contribution in [0.5, 0.6) is 5.88 Å². The van der Waals surface area contributed by atoms with Crippen LogP contribution in [0.2, 0.25) is 0 Å². The molecule has 1 heterocycles. The fourth-order valence-electron chi connectivity index (χ4n) is 4.20. The Kier molecular flexibility index (Phi) is 7.43. The van der Waals surface area contributed by atoms with Gasteiger partial charge in [-0.1, -0.05) is 36.4 Å². The van der Waals surface area contributed by atoms with Crippen molar-refractivity contribution >= 4 is 6.09 Å². The molecule has 1 aliphatic rings. The van der Waals surface area contributed by atoms with Crippen molar-refractivity contribution in [2.45, 2.75) is 51.3 Å². The topological polar surface area (TPSA) is 89.2 Å². The Morgan fingerprint density at radius 3 is 2.62 bits per heavy atom. The Hall–Kier alpha value is -3.86. The summed E-state index contributed by atoms with van der Waals surface area (Å²) in [5.74, 6) is 0.0548. The van der Waals surface area contributed by atoms with Crippen LogP contribution >= 0.6 is 0 Å². The lowest BCUT2D eigenvalue weighted by atomic mass is 9.91. The lowest BCUT2D eigenvalue weighted by molar-refractivity contribution is 0.130. The van der Waals surface area contributed by atoms with Gasteiger partial charge in [-0.3, -0.25) is 0 Å². The van der Waals surface area contributed by atoms with Crippen LogP contribution in [0.4, 0.5) is 9.18 Å². The second kappa shape index (κ2) is 10.8. The molecule has 0 saturated heterocycles. The van der Waals surface area contributed by atoms with Crippen LogP contribution in [-0.4, -0.2) is 28.5 Å². The molecule has 0 unspecified atom stereocenters. The summed E-state index contributed by atoms with van der Waals surface area (Å²) < 4.78 is 27.1. The van der Waals surface area contributed by atoms with E-state index < -0.39 is 11.9 Å². The van der Waals surface area contributed by atoms with Crippen LogP contribution in [0.15, 0.2) is 54.6 Å². The summed E-state index contributed by atoms with van der Waals surface area (Å²) in [6.45, 7) is 2.63. The van der Waals surface area contributed by atoms with Gasteiger partial charge in [-0.2, -0.15) is 10.4 Å². The molecule has 8 heteroatoms. The highest BCUT2D eigenvalue weighted by Gasteiger charge is 2.27. The van der Waals surface area contributed by atoms with Gasteiger partial charge in [-0.25, -0.2) is 13.9 Å². The molecule has 0 spiro atoms. The summed E-state index contributed by atoms with van der Waals surface area (Å²) in [5.41, 5.74) is 2.13. The average Bonchev–Trinajstić information content (AvgIpc) is 3.28. The molecule has 1 amide bonds. The minimum atomic E-state index is -0.571. The minimum Gasteiger partial charge on any atom is -0.478 e. The maximum atomic E-state index is 14.1. The first kappa shape index (κ1) is 23.3. The summed E-state index contributed by atoms with van der Waals surface area (Å²) in [5, 5.41) is 16.6. The van der Waals surface area contributed by atoms with Crippen LogP contribution in [-0.2, 0) is 11.3 Å². The van der Waals surface area contributed by atoms with E-state index in [1.807, 2.05) is 48.0 Å². The van der Waals surface area contributed by atoms with E-state index in [2.05, 4.69) is 5.32 Å². The zero-order chi connectivity index (χ0) is 23.9. The molecule has 3 aromatic rings. The van der Waals surface area contributed by atoms with Gasteiger partial charge >= 0.3 is 6.09 Å². The number of hydrogen-bond acceptors (Lipinski definition) is 5. The van der Waals surface area contributed by atoms with Gasteiger partial charge < -0.3 is 14.8 Å². The van der Waals surface area contributed by atoms with E-state index >= 15 is 0 Å². The fraction of sp³-hybridized carbons (Fsp3) is 0.346. The van der Waals surface area contributed by atoms with Gasteiger partial charge in [0.2, 0.25) is 5.88 Å². The highest BCUT2D eigenvalue weighted by Crippen LogP contribution is 2.34. The van der Waals surface area contributed by atoms with Crippen molar-refractivity contribution in [3.8, 4) is 23.2 Å². The lowest BCUT2D eigenvalue weighted by Gasteiger charge is -2.29. The maximum absolute atomic E-state index is 14.1. The second-order valence-electron chi connectivity index (χ2n) is 8.26. The molecule has 4 rings (SSSR count). The molecule has 1 fully saturated rings. The van der Waals surface area contributed by atoms with E-state index in [0.29, 0.717) is 23.7 Å². The van der Waals surface area contributed by atoms with E-state index in [0.717, 1.165) is 31.2 Å². The summed E-state index contributed by atoms with van der Waals surface area (Å²) in [6, 6.07) is 17.8. The number of nitrogens with zero attached hydrogens (tertiary/aromatic N) is 3. The van der Waals surface area contributed by atoms with Crippen LogP contribution in [0.1, 0.15) is 49.8 Å². The third-order valence-corrected chi connectivity index (χ3v) is 5.96. The Morgan fingerprint density at radius 1 is 1.18 bits per heavy atom. The van der Waals surface area contributed by atoms with Crippen molar-refractivity contribution in [1.29, 1.82) is 5.26 Å². The quantitative estimate of drug-likeness (QED) is 0.510. The monoisotopic (exact) mass is 462 g/mol. The van der Waals surface area contributed by atoms with Crippen molar-refractivity contribution in [2.75, 3.05) is 6.61 Å². The van der Waals surface area contributed by atoms with Crippen molar-refractivity contribution in [3.63, 3.8) is 0 Å². The first-order valence-corrected chi connectivity index (χ1v) is 11.5. The van der Waals surface area contributed by atoms with E-state index in [1.54, 1.807) is 12.1 Å². The molecule has 0 atom stereocenters. The third-order valence-electron chi connectivity index (χ3n) is 5.96. The van der Waals surface area contributed by atoms with Crippen molar-refractivity contribution < 1.29 is 18.7 Å². The molecular weight excluding hydrogens is 435 g/mol. The molecule has 1 aliphatic carbocycles. The predicted octanol–water partition coefficient (Wildman–Crippen LogP) is 5.37. The number of carbonyl (C=O) groups is 1. The number of rotatable bonds is 7. The molecule has 1 saturated carbocycles. The fourth-order valence-corrected chi connectivity index (χ4v) is 4.20. The lowest BCUT2D eigenvalue weighted by Crippen LogP contribution is -2.38. The predicted molar refractivity (Wildman–Crippen MR) is 125 cm³/mol. The SMILES string of the molecule is CCOc1cc(-c2ccc(C#N)c(F)c2)nn1C1CCC(NC(=O)OCc2ccccc2)CC1. The maximum Gasteiger partial charge on any atom is 0.407 e. The molecule has 0 bridgehead atoms. The number of ether oxygens (including phenoxy) is 2. The van der Waals surface area contributed by atoms with E-state index in [9.17, 15) is 9.18 Å². The molecule has 176 valence electrons. The van der Waals surface area contributed by atoms with Gasteiger partial charge in [0.1, 0.15) is 18.5 Å². The minimum absolute atomic E-state index is 0.00123. The summed E-state index contributed by atoms with van der Waals surface area (Å²) >= 11 is 0. The molecule has 1 aromatic heterocycles. The summed E-state index contributed by atoms with van der Waals surface area (Å²) in [4.78, 5) is 12.2. The van der Waals surface area contributed by atoms with Gasteiger partial charge in [0.05, 0.1) is 23.9 Å². The number of aromatic nitrogens is 2. The number of carbonyl (C=O) groups excluding carboxylic acids is 1. The number of benzene rings is 2. The van der Waals surface area contributed by atoms with E-state index in [4.69, 9.17) is 19.8 Å². The molecule has 34 heavy (non-hydrogen) atoms. The van der Waals surface area contributed by atoms with Crippen molar-refractivity contribution in [2.24, 2.45) is 0 Å². The first-order valence-electron chi connectivity index (χ1n) is 11.5. The number of amides is 1.